The molecular formula is C23H28N8O2. The first-order valence-corrected chi connectivity index (χ1v) is 10.9. The number of nitrogens with one attached hydrogen (secondary N) is 4. The normalized spacial score (nSPS) is 11.1. The van der Waals surface area contributed by atoms with Crippen molar-refractivity contribution in [1.29, 1.82) is 0 Å². The Bertz CT molecular complexity index is 1170. The Hall–Kier alpha value is -3.76. The molecule has 0 fully saturated rings. The molecule has 0 bridgehead atoms. The number of aliphatic hydroxyl groups excluding tert-OH is 1. The largest absolute Gasteiger partial charge is 0.392 e. The van der Waals surface area contributed by atoms with E-state index in [4.69, 9.17) is 0 Å². The van der Waals surface area contributed by atoms with E-state index in [1.165, 1.54) is 0 Å². The second-order valence-electron chi connectivity index (χ2n) is 7.73. The number of aromatic amines is 1. The fourth-order valence-electron chi connectivity index (χ4n) is 3.57. The van der Waals surface area contributed by atoms with Gasteiger partial charge in [0, 0.05) is 43.7 Å². The van der Waals surface area contributed by atoms with Crippen molar-refractivity contribution < 1.29 is 9.90 Å². The number of rotatable bonds is 12. The van der Waals surface area contributed by atoms with Gasteiger partial charge >= 0.3 is 0 Å². The van der Waals surface area contributed by atoms with Crippen LogP contribution in [-0.2, 0) is 17.9 Å². The predicted molar refractivity (Wildman–Crippen MR) is 126 cm³/mol. The molecule has 2 aromatic carbocycles. The van der Waals surface area contributed by atoms with Gasteiger partial charge in [-0.25, -0.2) is 0 Å². The molecule has 0 aliphatic carbocycles. The summed E-state index contributed by atoms with van der Waals surface area (Å²) < 4.78 is 1.84. The first kappa shape index (κ1) is 22.4. The fraction of sp³-hybridized carbons (Fsp3) is 0.304. The molecule has 0 saturated heterocycles. The number of aliphatic hydroxyl groups is 1. The Morgan fingerprint density at radius 3 is 2.76 bits per heavy atom. The molecule has 0 unspecified atom stereocenters. The van der Waals surface area contributed by atoms with Crippen LogP contribution in [0.2, 0.25) is 0 Å². The minimum atomic E-state index is 0.0263. The number of carbonyl (C=O) groups is 1. The first-order chi connectivity index (χ1) is 16.2. The van der Waals surface area contributed by atoms with Gasteiger partial charge in [-0.1, -0.05) is 24.3 Å². The average molecular weight is 449 g/mol. The summed E-state index contributed by atoms with van der Waals surface area (Å²) >= 11 is 0. The highest BCUT2D eigenvalue weighted by atomic mass is 16.3. The molecule has 0 saturated carbocycles. The molecule has 0 atom stereocenters. The van der Waals surface area contributed by atoms with E-state index in [2.05, 4.69) is 36.3 Å². The van der Waals surface area contributed by atoms with Gasteiger partial charge in [-0.3, -0.25) is 14.5 Å². The molecule has 1 amide bonds. The molecule has 2 aromatic heterocycles. The molecule has 0 spiro atoms. The van der Waals surface area contributed by atoms with Crippen molar-refractivity contribution in [2.75, 3.05) is 25.0 Å². The van der Waals surface area contributed by atoms with E-state index in [0.717, 1.165) is 39.8 Å². The number of amides is 1. The Labute approximate surface area is 191 Å². The number of carbonyl (C=O) groups excluding carboxylic acids is 1. The van der Waals surface area contributed by atoms with Gasteiger partial charge in [-0.2, -0.15) is 5.10 Å². The van der Waals surface area contributed by atoms with Crippen LogP contribution in [0.5, 0.6) is 0 Å². The lowest BCUT2D eigenvalue weighted by Gasteiger charge is -2.11. The predicted octanol–water partition coefficient (Wildman–Crippen LogP) is 1.73. The molecule has 4 rings (SSSR count). The van der Waals surface area contributed by atoms with Crippen molar-refractivity contribution in [3.8, 4) is 5.69 Å². The smallest absolute Gasteiger partial charge is 0.221 e. The molecule has 5 N–H and O–H groups in total. The number of hydrogen-bond donors (Lipinski definition) is 5. The van der Waals surface area contributed by atoms with Gasteiger partial charge in [0.05, 0.1) is 24.0 Å². The first-order valence-electron chi connectivity index (χ1n) is 10.9. The van der Waals surface area contributed by atoms with Gasteiger partial charge in [0.15, 0.2) is 0 Å². The van der Waals surface area contributed by atoms with Crippen LogP contribution in [0.3, 0.4) is 0 Å². The number of hydrogen-bond acceptors (Lipinski definition) is 7. The number of fused-ring (bicyclic) bond motifs is 1. The number of H-pyrrole nitrogens is 1. The van der Waals surface area contributed by atoms with Gasteiger partial charge in [-0.15, -0.1) is 10.2 Å². The third-order valence-electron chi connectivity index (χ3n) is 5.28. The van der Waals surface area contributed by atoms with Crippen LogP contribution >= 0.6 is 0 Å². The quantitative estimate of drug-likeness (QED) is 0.209. The minimum Gasteiger partial charge on any atom is -0.392 e. The van der Waals surface area contributed by atoms with Gasteiger partial charge in [0.2, 0.25) is 5.91 Å². The Morgan fingerprint density at radius 1 is 1.06 bits per heavy atom. The lowest BCUT2D eigenvalue weighted by atomic mass is 10.1. The van der Waals surface area contributed by atoms with Crippen molar-refractivity contribution in [1.82, 2.24) is 35.6 Å². The van der Waals surface area contributed by atoms with E-state index in [-0.39, 0.29) is 12.5 Å². The number of anilines is 1. The second kappa shape index (κ2) is 11.2. The molecule has 10 nitrogen and oxygen atoms in total. The minimum absolute atomic E-state index is 0.0263. The number of benzene rings is 2. The number of aromatic nitrogens is 5. The topological polar surface area (TPSA) is 133 Å². The molecule has 0 radical (unpaired) electrons. The van der Waals surface area contributed by atoms with Gasteiger partial charge in [0.1, 0.15) is 12.7 Å². The Balaban J connectivity index is 1.16. The third-order valence-corrected chi connectivity index (χ3v) is 5.28. The van der Waals surface area contributed by atoms with E-state index in [1.807, 2.05) is 41.0 Å². The zero-order valence-electron chi connectivity index (χ0n) is 18.3. The molecule has 0 aliphatic heterocycles. The molecular weight excluding hydrogens is 420 g/mol. The maximum Gasteiger partial charge on any atom is 0.221 e. The van der Waals surface area contributed by atoms with Crippen molar-refractivity contribution >= 4 is 22.5 Å². The summed E-state index contributed by atoms with van der Waals surface area (Å²) in [6.45, 7) is 2.62. The Kier molecular flexibility index (Phi) is 7.62. The van der Waals surface area contributed by atoms with Crippen molar-refractivity contribution in [3.63, 3.8) is 0 Å². The van der Waals surface area contributed by atoms with Crippen LogP contribution in [0.1, 0.15) is 24.0 Å². The standard InChI is InChI=1S/C23H28N8O2/c32-14-18-4-1-3-17(9-18)12-24-8-5-23(33)26-7-2-6-25-21-10-19(31-15-28-29-16-31)11-22-20(21)13-27-30-22/h1,3-4,9-11,13,15-16,24-25,32H,2,5-8,12,14H2,(H,26,33)(H,27,30). The molecule has 4 aromatic rings. The summed E-state index contributed by atoms with van der Waals surface area (Å²) in [7, 11) is 0. The van der Waals surface area contributed by atoms with Crippen LogP contribution in [0.4, 0.5) is 5.69 Å². The van der Waals surface area contributed by atoms with Gasteiger partial charge in [-0.05, 0) is 29.7 Å². The summed E-state index contributed by atoms with van der Waals surface area (Å²) in [5.41, 5.74) is 4.80. The summed E-state index contributed by atoms with van der Waals surface area (Å²) in [5.74, 6) is 0.0263. The van der Waals surface area contributed by atoms with Crippen LogP contribution in [0.25, 0.3) is 16.6 Å². The van der Waals surface area contributed by atoms with Crippen molar-refractivity contribution in [2.45, 2.75) is 26.0 Å². The molecule has 2 heterocycles. The van der Waals surface area contributed by atoms with Gasteiger partial charge in [0.25, 0.3) is 0 Å². The SMILES string of the molecule is O=C(CCNCc1cccc(CO)c1)NCCCNc1cc(-n2cnnc2)cc2[nH]ncc12. The maximum absolute atomic E-state index is 12.1. The summed E-state index contributed by atoms with van der Waals surface area (Å²) in [4.78, 5) is 12.1. The zero-order chi connectivity index (χ0) is 22.9. The summed E-state index contributed by atoms with van der Waals surface area (Å²) in [6, 6.07) is 11.8. The van der Waals surface area contributed by atoms with Gasteiger partial charge < -0.3 is 21.1 Å². The Morgan fingerprint density at radius 2 is 1.91 bits per heavy atom. The van der Waals surface area contributed by atoms with Crippen molar-refractivity contribution in [3.05, 3.63) is 66.4 Å². The van der Waals surface area contributed by atoms with Crippen molar-refractivity contribution in [2.24, 2.45) is 0 Å². The highest BCUT2D eigenvalue weighted by Crippen LogP contribution is 2.25. The third kappa shape index (κ3) is 6.15. The van der Waals surface area contributed by atoms with E-state index in [1.54, 1.807) is 18.9 Å². The highest BCUT2D eigenvalue weighted by Gasteiger charge is 2.08. The summed E-state index contributed by atoms with van der Waals surface area (Å²) in [6.07, 6.45) is 6.31. The monoisotopic (exact) mass is 448 g/mol. The van der Waals surface area contributed by atoms with E-state index in [9.17, 15) is 9.90 Å². The zero-order valence-corrected chi connectivity index (χ0v) is 18.3. The molecule has 10 heteroatoms. The number of nitrogens with zero attached hydrogens (tertiary/aromatic N) is 4. The summed E-state index contributed by atoms with van der Waals surface area (Å²) in [5, 5.41) is 34.7. The van der Waals surface area contributed by atoms with E-state index >= 15 is 0 Å². The van der Waals surface area contributed by atoms with E-state index < -0.39 is 0 Å². The average Bonchev–Trinajstić information content (AvgIpc) is 3.54. The fourth-order valence-corrected chi connectivity index (χ4v) is 3.57. The second-order valence-corrected chi connectivity index (χ2v) is 7.73. The molecule has 172 valence electrons. The van der Waals surface area contributed by atoms with Crippen LogP contribution < -0.4 is 16.0 Å². The maximum atomic E-state index is 12.1. The van der Waals surface area contributed by atoms with Crippen LogP contribution in [0.15, 0.2) is 55.2 Å². The lowest BCUT2D eigenvalue weighted by molar-refractivity contribution is -0.120. The van der Waals surface area contributed by atoms with Crippen LogP contribution in [-0.4, -0.2) is 55.6 Å². The molecule has 0 aliphatic rings. The van der Waals surface area contributed by atoms with E-state index in [0.29, 0.717) is 32.6 Å². The lowest BCUT2D eigenvalue weighted by Crippen LogP contribution is -2.29. The molecule has 33 heavy (non-hydrogen) atoms. The van der Waals surface area contributed by atoms with Crippen LogP contribution in [0, 0.1) is 0 Å². The highest BCUT2D eigenvalue weighted by molar-refractivity contribution is 5.93.